The van der Waals surface area contributed by atoms with Crippen LogP contribution in [0.3, 0.4) is 0 Å². The summed E-state index contributed by atoms with van der Waals surface area (Å²) in [7, 11) is 0. The van der Waals surface area contributed by atoms with Crippen LogP contribution >= 0.6 is 0 Å². The van der Waals surface area contributed by atoms with E-state index in [9.17, 15) is 0 Å². The van der Waals surface area contributed by atoms with Crippen molar-refractivity contribution in [1.82, 2.24) is 5.32 Å². The van der Waals surface area contributed by atoms with E-state index >= 15 is 0 Å². The Morgan fingerprint density at radius 3 is 2.53 bits per heavy atom. The van der Waals surface area contributed by atoms with E-state index in [-0.39, 0.29) is 0 Å². The molecule has 2 unspecified atom stereocenters. The summed E-state index contributed by atoms with van der Waals surface area (Å²) in [5.74, 6) is 0.924. The minimum absolute atomic E-state index is 0.500. The zero-order valence-electron chi connectivity index (χ0n) is 11.6. The van der Waals surface area contributed by atoms with E-state index in [1.165, 1.54) is 51.4 Å². The highest BCUT2D eigenvalue weighted by molar-refractivity contribution is 4.85. The molecular formula is C15H29NO. The van der Waals surface area contributed by atoms with Crippen LogP contribution in [0.15, 0.2) is 0 Å². The fourth-order valence-electron chi connectivity index (χ4n) is 3.26. The molecule has 0 aromatic rings. The molecule has 2 nitrogen and oxygen atoms in total. The molecule has 0 saturated heterocycles. The highest BCUT2D eigenvalue weighted by atomic mass is 16.5. The third kappa shape index (κ3) is 3.96. The summed E-state index contributed by atoms with van der Waals surface area (Å²) in [6, 6.07) is 0.634. The Bertz CT molecular complexity index is 211. The van der Waals surface area contributed by atoms with Crippen molar-refractivity contribution in [3.05, 3.63) is 0 Å². The maximum absolute atomic E-state index is 6.35. The summed E-state index contributed by atoms with van der Waals surface area (Å²) in [5, 5.41) is 3.65. The fraction of sp³-hybridized carbons (Fsp3) is 1.00. The zero-order valence-corrected chi connectivity index (χ0v) is 11.6. The summed E-state index contributed by atoms with van der Waals surface area (Å²) in [4.78, 5) is 0. The van der Waals surface area contributed by atoms with Gasteiger partial charge in [-0.3, -0.25) is 0 Å². The van der Waals surface area contributed by atoms with Gasteiger partial charge in [-0.1, -0.05) is 13.8 Å². The number of hydrogen-bond donors (Lipinski definition) is 1. The van der Waals surface area contributed by atoms with Crippen LogP contribution in [-0.4, -0.2) is 24.8 Å². The van der Waals surface area contributed by atoms with Gasteiger partial charge in [-0.25, -0.2) is 0 Å². The molecule has 0 aromatic carbocycles. The second-order valence-corrected chi connectivity index (χ2v) is 6.05. The van der Waals surface area contributed by atoms with Crippen molar-refractivity contribution in [2.24, 2.45) is 5.92 Å². The minimum atomic E-state index is 0.500. The van der Waals surface area contributed by atoms with Gasteiger partial charge in [0.1, 0.15) is 0 Å². The lowest BCUT2D eigenvalue weighted by Gasteiger charge is -2.31. The molecule has 2 aliphatic carbocycles. The molecule has 2 aliphatic rings. The summed E-state index contributed by atoms with van der Waals surface area (Å²) < 4.78 is 6.35. The average Bonchev–Trinajstić information content (AvgIpc) is 2.77. The van der Waals surface area contributed by atoms with Gasteiger partial charge in [-0.15, -0.1) is 0 Å². The molecule has 2 heteroatoms. The lowest BCUT2D eigenvalue weighted by Crippen LogP contribution is -2.40. The lowest BCUT2D eigenvalue weighted by molar-refractivity contribution is -0.0426. The van der Waals surface area contributed by atoms with E-state index < -0.39 is 0 Å². The second kappa shape index (κ2) is 6.75. The Morgan fingerprint density at radius 1 is 1.06 bits per heavy atom. The Morgan fingerprint density at radius 2 is 1.82 bits per heavy atom. The van der Waals surface area contributed by atoms with Gasteiger partial charge in [0.25, 0.3) is 0 Å². The van der Waals surface area contributed by atoms with Crippen LogP contribution in [0.25, 0.3) is 0 Å². The molecular weight excluding hydrogens is 210 g/mol. The topological polar surface area (TPSA) is 21.3 Å². The molecule has 0 amide bonds. The van der Waals surface area contributed by atoms with E-state index in [2.05, 4.69) is 19.2 Å². The van der Waals surface area contributed by atoms with Gasteiger partial charge in [0.2, 0.25) is 0 Å². The third-order valence-electron chi connectivity index (χ3n) is 4.44. The molecule has 2 rings (SSSR count). The highest BCUT2D eigenvalue weighted by Gasteiger charge is 2.30. The van der Waals surface area contributed by atoms with Crippen LogP contribution in [0.1, 0.15) is 65.2 Å². The summed E-state index contributed by atoms with van der Waals surface area (Å²) in [6.45, 7) is 5.75. The second-order valence-electron chi connectivity index (χ2n) is 6.05. The highest BCUT2D eigenvalue weighted by Crippen LogP contribution is 2.30. The molecule has 2 atom stereocenters. The molecule has 0 heterocycles. The first-order valence-electron chi connectivity index (χ1n) is 7.68. The first kappa shape index (κ1) is 13.4. The number of rotatable bonds is 5. The van der Waals surface area contributed by atoms with E-state index in [0.29, 0.717) is 18.2 Å². The standard InChI is InChI=1S/C15H29NO/c1-3-11-16-14-5-4-6-15(14)17-13-9-7-12(2)8-10-13/h12-16H,3-11H2,1-2H3. The van der Waals surface area contributed by atoms with Gasteiger partial charge in [-0.05, 0) is 63.8 Å². The van der Waals surface area contributed by atoms with Crippen LogP contribution in [0.2, 0.25) is 0 Å². The maximum Gasteiger partial charge on any atom is 0.0731 e. The Hall–Kier alpha value is -0.0800. The van der Waals surface area contributed by atoms with Gasteiger partial charge in [0.05, 0.1) is 12.2 Å². The quantitative estimate of drug-likeness (QED) is 0.793. The van der Waals surface area contributed by atoms with E-state index in [4.69, 9.17) is 4.74 Å². The number of hydrogen-bond acceptors (Lipinski definition) is 2. The van der Waals surface area contributed by atoms with Gasteiger partial charge in [0, 0.05) is 6.04 Å². The first-order chi connectivity index (χ1) is 8.29. The van der Waals surface area contributed by atoms with Crippen molar-refractivity contribution < 1.29 is 4.74 Å². The Balaban J connectivity index is 1.73. The predicted octanol–water partition coefficient (Wildman–Crippen LogP) is 3.50. The Kier molecular flexibility index (Phi) is 5.30. The molecule has 0 spiro atoms. The minimum Gasteiger partial charge on any atom is -0.373 e. The first-order valence-corrected chi connectivity index (χ1v) is 7.68. The zero-order chi connectivity index (χ0) is 12.1. The molecule has 0 aliphatic heterocycles. The predicted molar refractivity (Wildman–Crippen MR) is 72.2 cm³/mol. The Labute approximate surface area is 107 Å². The lowest BCUT2D eigenvalue weighted by atomic mass is 9.89. The van der Waals surface area contributed by atoms with E-state index in [1.54, 1.807) is 0 Å². The third-order valence-corrected chi connectivity index (χ3v) is 4.44. The summed E-state index contributed by atoms with van der Waals surface area (Å²) in [6.07, 6.45) is 11.5. The normalized spacial score (nSPS) is 38.5. The van der Waals surface area contributed by atoms with E-state index in [1.807, 2.05) is 0 Å². The number of nitrogens with one attached hydrogen (secondary N) is 1. The van der Waals surface area contributed by atoms with Crippen molar-refractivity contribution in [2.45, 2.75) is 83.5 Å². The van der Waals surface area contributed by atoms with E-state index in [0.717, 1.165) is 12.5 Å². The van der Waals surface area contributed by atoms with Crippen LogP contribution in [-0.2, 0) is 4.74 Å². The average molecular weight is 239 g/mol. The monoisotopic (exact) mass is 239 g/mol. The van der Waals surface area contributed by atoms with Crippen molar-refractivity contribution in [3.8, 4) is 0 Å². The maximum atomic E-state index is 6.35. The van der Waals surface area contributed by atoms with Crippen molar-refractivity contribution in [3.63, 3.8) is 0 Å². The summed E-state index contributed by atoms with van der Waals surface area (Å²) >= 11 is 0. The van der Waals surface area contributed by atoms with Crippen LogP contribution in [0.5, 0.6) is 0 Å². The molecule has 100 valence electrons. The molecule has 0 radical (unpaired) electrons. The SMILES string of the molecule is CCCNC1CCCC1OC1CCC(C)CC1. The fourth-order valence-corrected chi connectivity index (χ4v) is 3.26. The van der Waals surface area contributed by atoms with Gasteiger partial charge < -0.3 is 10.1 Å². The molecule has 0 aromatic heterocycles. The molecule has 2 saturated carbocycles. The largest absolute Gasteiger partial charge is 0.373 e. The van der Waals surface area contributed by atoms with Crippen molar-refractivity contribution in [1.29, 1.82) is 0 Å². The van der Waals surface area contributed by atoms with Crippen LogP contribution in [0.4, 0.5) is 0 Å². The molecule has 0 bridgehead atoms. The molecule has 1 N–H and O–H groups in total. The smallest absolute Gasteiger partial charge is 0.0731 e. The van der Waals surface area contributed by atoms with Gasteiger partial charge in [0.15, 0.2) is 0 Å². The van der Waals surface area contributed by atoms with Crippen molar-refractivity contribution >= 4 is 0 Å². The molecule has 17 heavy (non-hydrogen) atoms. The summed E-state index contributed by atoms with van der Waals surface area (Å²) in [5.41, 5.74) is 0. The molecule has 2 fully saturated rings. The van der Waals surface area contributed by atoms with Crippen molar-refractivity contribution in [2.75, 3.05) is 6.54 Å². The van der Waals surface area contributed by atoms with Gasteiger partial charge >= 0.3 is 0 Å². The van der Waals surface area contributed by atoms with Crippen LogP contribution < -0.4 is 5.32 Å². The van der Waals surface area contributed by atoms with Crippen LogP contribution in [0, 0.1) is 5.92 Å². The van der Waals surface area contributed by atoms with Gasteiger partial charge in [-0.2, -0.15) is 0 Å². The number of ether oxygens (including phenoxy) is 1.